The first-order valence-electron chi connectivity index (χ1n) is 6.32. The molecule has 0 aromatic heterocycles. The number of aliphatic carboxylic acids is 1. The average molecular weight is 241 g/mol. The zero-order chi connectivity index (χ0) is 12.4. The lowest BCUT2D eigenvalue weighted by molar-refractivity contribution is -0.141. The lowest BCUT2D eigenvalue weighted by Crippen LogP contribution is -2.39. The molecular formula is C12H19NO4. The maximum absolute atomic E-state index is 11.0. The Bertz CT molecular complexity index is 290. The lowest BCUT2D eigenvalue weighted by Gasteiger charge is -2.26. The minimum Gasteiger partial charge on any atom is -0.480 e. The molecule has 5 nitrogen and oxygen atoms in total. The predicted molar refractivity (Wildman–Crippen MR) is 60.8 cm³/mol. The summed E-state index contributed by atoms with van der Waals surface area (Å²) in [7, 11) is 0. The Kier molecular flexibility index (Phi) is 3.54. The molecule has 0 aromatic rings. The van der Waals surface area contributed by atoms with Gasteiger partial charge in [0.15, 0.2) is 0 Å². The van der Waals surface area contributed by atoms with Crippen molar-refractivity contribution in [3.05, 3.63) is 0 Å². The van der Waals surface area contributed by atoms with E-state index in [0.717, 1.165) is 17.7 Å². The molecular weight excluding hydrogens is 222 g/mol. The van der Waals surface area contributed by atoms with Crippen LogP contribution in [-0.2, 0) is 4.79 Å². The molecule has 0 aromatic carbocycles. The molecule has 1 aliphatic heterocycles. The zero-order valence-corrected chi connectivity index (χ0v) is 9.84. The number of hydrogen-bond acceptors (Lipinski definition) is 2. The largest absolute Gasteiger partial charge is 0.480 e. The van der Waals surface area contributed by atoms with E-state index in [1.54, 1.807) is 0 Å². The molecule has 2 fully saturated rings. The van der Waals surface area contributed by atoms with Gasteiger partial charge in [0.2, 0.25) is 0 Å². The quantitative estimate of drug-likeness (QED) is 0.775. The number of likely N-dealkylation sites (tertiary alicyclic amines) is 1. The molecule has 2 rings (SSSR count). The standard InChI is InChI=1S/C12H19NO4/c14-11(15)10-6-9(7-13(10)12(16)17)8-4-2-1-3-5-8/h8-10H,1-7H2,(H,14,15)(H,16,17)/t9?,10-/m0/s1. The fourth-order valence-corrected chi connectivity index (χ4v) is 3.26. The molecule has 0 bridgehead atoms. The number of amides is 1. The molecule has 1 saturated heterocycles. The second kappa shape index (κ2) is 4.94. The predicted octanol–water partition coefficient (Wildman–Crippen LogP) is 2.02. The van der Waals surface area contributed by atoms with Crippen molar-refractivity contribution in [3.63, 3.8) is 0 Å². The normalized spacial score (nSPS) is 30.5. The van der Waals surface area contributed by atoms with Gasteiger partial charge in [-0.25, -0.2) is 9.59 Å². The van der Waals surface area contributed by atoms with E-state index in [4.69, 9.17) is 10.2 Å². The third-order valence-corrected chi connectivity index (χ3v) is 4.18. The number of rotatable bonds is 2. The van der Waals surface area contributed by atoms with Crippen LogP contribution in [0.2, 0.25) is 0 Å². The van der Waals surface area contributed by atoms with Crippen LogP contribution < -0.4 is 0 Å². The van der Waals surface area contributed by atoms with Crippen LogP contribution in [0.1, 0.15) is 38.5 Å². The Morgan fingerprint density at radius 1 is 1.00 bits per heavy atom. The van der Waals surface area contributed by atoms with Crippen molar-refractivity contribution in [1.29, 1.82) is 0 Å². The van der Waals surface area contributed by atoms with Crippen LogP contribution in [0, 0.1) is 11.8 Å². The van der Waals surface area contributed by atoms with Crippen LogP contribution in [0.25, 0.3) is 0 Å². The van der Waals surface area contributed by atoms with Crippen molar-refractivity contribution in [3.8, 4) is 0 Å². The van der Waals surface area contributed by atoms with Crippen LogP contribution in [0.15, 0.2) is 0 Å². The smallest absolute Gasteiger partial charge is 0.408 e. The van der Waals surface area contributed by atoms with Gasteiger partial charge < -0.3 is 10.2 Å². The van der Waals surface area contributed by atoms with E-state index in [2.05, 4.69) is 0 Å². The molecule has 17 heavy (non-hydrogen) atoms. The highest BCUT2D eigenvalue weighted by Crippen LogP contribution is 2.37. The topological polar surface area (TPSA) is 77.8 Å². The molecule has 1 heterocycles. The van der Waals surface area contributed by atoms with E-state index in [-0.39, 0.29) is 5.92 Å². The first-order valence-corrected chi connectivity index (χ1v) is 6.32. The first kappa shape index (κ1) is 12.2. The van der Waals surface area contributed by atoms with Gasteiger partial charge in [0.05, 0.1) is 0 Å². The van der Waals surface area contributed by atoms with Gasteiger partial charge in [0.1, 0.15) is 6.04 Å². The van der Waals surface area contributed by atoms with Crippen molar-refractivity contribution < 1.29 is 19.8 Å². The molecule has 96 valence electrons. The second-order valence-corrected chi connectivity index (χ2v) is 5.18. The molecule has 1 aliphatic carbocycles. The Hall–Kier alpha value is -1.26. The first-order chi connectivity index (χ1) is 8.09. The number of hydrogen-bond donors (Lipinski definition) is 2. The van der Waals surface area contributed by atoms with Gasteiger partial charge in [0.25, 0.3) is 0 Å². The van der Waals surface area contributed by atoms with E-state index < -0.39 is 18.1 Å². The van der Waals surface area contributed by atoms with E-state index in [0.29, 0.717) is 18.9 Å². The van der Waals surface area contributed by atoms with Gasteiger partial charge in [-0.2, -0.15) is 0 Å². The molecule has 0 radical (unpaired) electrons. The Labute approximate surface area is 100 Å². The molecule has 5 heteroatoms. The summed E-state index contributed by atoms with van der Waals surface area (Å²) in [6, 6.07) is -0.834. The van der Waals surface area contributed by atoms with Crippen molar-refractivity contribution in [1.82, 2.24) is 4.90 Å². The number of carboxylic acid groups (broad SMARTS) is 2. The SMILES string of the molecule is O=C(O)[C@@H]1CC(C2CCCCC2)CN1C(=O)O. The third-order valence-electron chi connectivity index (χ3n) is 4.18. The summed E-state index contributed by atoms with van der Waals surface area (Å²) in [5.41, 5.74) is 0. The average Bonchev–Trinajstić information content (AvgIpc) is 2.75. The van der Waals surface area contributed by atoms with Crippen molar-refractivity contribution in [2.45, 2.75) is 44.6 Å². The highest BCUT2D eigenvalue weighted by molar-refractivity contribution is 5.80. The van der Waals surface area contributed by atoms with Crippen molar-refractivity contribution >= 4 is 12.1 Å². The number of carbonyl (C=O) groups is 2. The van der Waals surface area contributed by atoms with E-state index in [1.807, 2.05) is 0 Å². The summed E-state index contributed by atoms with van der Waals surface area (Å²) in [5.74, 6) is -0.242. The van der Waals surface area contributed by atoms with Crippen molar-refractivity contribution in [2.24, 2.45) is 11.8 Å². The molecule has 2 N–H and O–H groups in total. The van der Waals surface area contributed by atoms with Gasteiger partial charge in [0, 0.05) is 6.54 Å². The minimum atomic E-state index is -1.10. The van der Waals surface area contributed by atoms with Gasteiger partial charge in [-0.05, 0) is 18.3 Å². The Morgan fingerprint density at radius 2 is 1.65 bits per heavy atom. The summed E-state index contributed by atoms with van der Waals surface area (Å²) in [5, 5.41) is 18.1. The lowest BCUT2D eigenvalue weighted by atomic mass is 9.79. The van der Waals surface area contributed by atoms with Crippen LogP contribution in [0.4, 0.5) is 4.79 Å². The van der Waals surface area contributed by atoms with Gasteiger partial charge >= 0.3 is 12.1 Å². The molecule has 2 atom stereocenters. The number of carboxylic acids is 1. The van der Waals surface area contributed by atoms with Gasteiger partial charge in [-0.15, -0.1) is 0 Å². The summed E-state index contributed by atoms with van der Waals surface area (Å²) < 4.78 is 0. The maximum Gasteiger partial charge on any atom is 0.408 e. The monoisotopic (exact) mass is 241 g/mol. The van der Waals surface area contributed by atoms with Crippen LogP contribution in [0.3, 0.4) is 0 Å². The van der Waals surface area contributed by atoms with Crippen LogP contribution >= 0.6 is 0 Å². The fourth-order valence-electron chi connectivity index (χ4n) is 3.26. The Morgan fingerprint density at radius 3 is 2.12 bits per heavy atom. The van der Waals surface area contributed by atoms with E-state index in [1.165, 1.54) is 19.3 Å². The van der Waals surface area contributed by atoms with Crippen LogP contribution in [0.5, 0.6) is 0 Å². The zero-order valence-electron chi connectivity index (χ0n) is 9.84. The maximum atomic E-state index is 11.0. The summed E-state index contributed by atoms with van der Waals surface area (Å²) in [4.78, 5) is 23.1. The second-order valence-electron chi connectivity index (χ2n) is 5.18. The summed E-state index contributed by atoms with van der Waals surface area (Å²) in [6.07, 6.45) is 5.31. The summed E-state index contributed by atoms with van der Waals surface area (Å²) in [6.45, 7) is 0.400. The number of nitrogens with zero attached hydrogens (tertiary/aromatic N) is 1. The molecule has 0 spiro atoms. The highest BCUT2D eigenvalue weighted by Gasteiger charge is 2.42. The fraction of sp³-hybridized carbons (Fsp3) is 0.833. The molecule has 1 saturated carbocycles. The van der Waals surface area contributed by atoms with Gasteiger partial charge in [-0.1, -0.05) is 32.1 Å². The molecule has 2 aliphatic rings. The molecule has 1 unspecified atom stereocenters. The Balaban J connectivity index is 2.02. The van der Waals surface area contributed by atoms with Gasteiger partial charge in [-0.3, -0.25) is 4.90 Å². The van der Waals surface area contributed by atoms with Crippen LogP contribution in [-0.4, -0.2) is 39.8 Å². The highest BCUT2D eigenvalue weighted by atomic mass is 16.4. The molecule has 1 amide bonds. The minimum absolute atomic E-state index is 0.243. The summed E-state index contributed by atoms with van der Waals surface area (Å²) >= 11 is 0. The van der Waals surface area contributed by atoms with E-state index in [9.17, 15) is 9.59 Å². The third kappa shape index (κ3) is 2.53. The van der Waals surface area contributed by atoms with Crippen molar-refractivity contribution in [2.75, 3.05) is 6.54 Å². The van der Waals surface area contributed by atoms with E-state index >= 15 is 0 Å².